The van der Waals surface area contributed by atoms with Crippen LogP contribution in [0.3, 0.4) is 0 Å². The zero-order chi connectivity index (χ0) is 11.7. The minimum absolute atomic E-state index is 0.654. The maximum Gasteiger partial charge on any atom is 0.0621 e. The highest BCUT2D eigenvalue weighted by atomic mass is 14.8. The van der Waals surface area contributed by atoms with Crippen molar-refractivity contribution in [2.75, 3.05) is 7.05 Å². The Balaban J connectivity index is 3.51. The number of hydrogen-bond acceptors (Lipinski definition) is 2. The highest BCUT2D eigenvalue weighted by molar-refractivity contribution is 6.13. The van der Waals surface area contributed by atoms with Gasteiger partial charge in [-0.15, -0.1) is 0 Å². The molecule has 0 heterocycles. The maximum absolute atomic E-state index is 8.02. The van der Waals surface area contributed by atoms with Crippen LogP contribution in [0.2, 0.25) is 0 Å². The van der Waals surface area contributed by atoms with Crippen molar-refractivity contribution in [3.63, 3.8) is 0 Å². The van der Waals surface area contributed by atoms with E-state index >= 15 is 0 Å². The summed E-state index contributed by atoms with van der Waals surface area (Å²) < 4.78 is 0. The average molecular weight is 204 g/mol. The van der Waals surface area contributed by atoms with Crippen LogP contribution in [-0.2, 0) is 0 Å². The van der Waals surface area contributed by atoms with Gasteiger partial charge < -0.3 is 10.7 Å². The summed E-state index contributed by atoms with van der Waals surface area (Å²) in [7, 11) is 1.92. The molecule has 0 aliphatic heterocycles. The normalized spacial score (nSPS) is 17.5. The Morgan fingerprint density at radius 1 is 1.00 bits per heavy atom. The van der Waals surface area contributed by atoms with E-state index in [2.05, 4.69) is 26.1 Å². The summed E-state index contributed by atoms with van der Waals surface area (Å²) in [5.74, 6) is 0. The van der Waals surface area contributed by atoms with Gasteiger partial charge in [0.1, 0.15) is 0 Å². The molecule has 2 heteroatoms. The molecular formula is C13H20N2. The molecule has 2 nitrogen and oxygen atoms in total. The molecule has 0 radical (unpaired) electrons. The SMILES string of the molecule is CNC1=C(C)C(=N)C(C)=C(C)C1=C(C)C. The van der Waals surface area contributed by atoms with Gasteiger partial charge in [-0.2, -0.15) is 0 Å². The molecule has 1 aliphatic rings. The lowest BCUT2D eigenvalue weighted by atomic mass is 9.84. The summed E-state index contributed by atoms with van der Waals surface area (Å²) in [6.45, 7) is 10.4. The minimum atomic E-state index is 0.654. The predicted octanol–water partition coefficient (Wildman–Crippen LogP) is 3.19. The minimum Gasteiger partial charge on any atom is -0.387 e. The van der Waals surface area contributed by atoms with E-state index < -0.39 is 0 Å². The summed E-state index contributed by atoms with van der Waals surface area (Å²) in [5.41, 5.74) is 7.66. The third-order valence-corrected chi connectivity index (χ3v) is 3.06. The molecule has 0 bridgehead atoms. The fraction of sp³-hybridized carbons (Fsp3) is 0.462. The fourth-order valence-corrected chi connectivity index (χ4v) is 2.09. The van der Waals surface area contributed by atoms with Gasteiger partial charge in [-0.05, 0) is 56.9 Å². The fourth-order valence-electron chi connectivity index (χ4n) is 2.09. The monoisotopic (exact) mass is 204 g/mol. The first-order valence-corrected chi connectivity index (χ1v) is 5.25. The smallest absolute Gasteiger partial charge is 0.0621 e. The second-order valence-corrected chi connectivity index (χ2v) is 4.25. The lowest BCUT2D eigenvalue weighted by Crippen LogP contribution is -2.22. The molecule has 0 aromatic carbocycles. The Hall–Kier alpha value is -1.31. The first-order valence-electron chi connectivity index (χ1n) is 5.25. The van der Waals surface area contributed by atoms with Gasteiger partial charge in [0.05, 0.1) is 5.71 Å². The van der Waals surface area contributed by atoms with Crippen molar-refractivity contribution in [2.45, 2.75) is 34.6 Å². The van der Waals surface area contributed by atoms with E-state index in [1.165, 1.54) is 16.7 Å². The van der Waals surface area contributed by atoms with Crippen LogP contribution in [0.5, 0.6) is 0 Å². The zero-order valence-electron chi connectivity index (χ0n) is 10.5. The first kappa shape index (κ1) is 11.8. The lowest BCUT2D eigenvalue weighted by molar-refractivity contribution is 0.961. The van der Waals surface area contributed by atoms with Crippen LogP contribution in [0.4, 0.5) is 0 Å². The molecule has 0 atom stereocenters. The third-order valence-electron chi connectivity index (χ3n) is 3.06. The van der Waals surface area contributed by atoms with E-state index in [-0.39, 0.29) is 0 Å². The maximum atomic E-state index is 8.02. The van der Waals surface area contributed by atoms with Crippen molar-refractivity contribution in [2.24, 2.45) is 0 Å². The molecule has 0 saturated heterocycles. The largest absolute Gasteiger partial charge is 0.387 e. The Labute approximate surface area is 92.3 Å². The molecule has 0 unspecified atom stereocenters. The van der Waals surface area contributed by atoms with Gasteiger partial charge in [0, 0.05) is 12.7 Å². The Kier molecular flexibility index (Phi) is 3.18. The van der Waals surface area contributed by atoms with Crippen molar-refractivity contribution in [1.29, 1.82) is 5.41 Å². The van der Waals surface area contributed by atoms with Gasteiger partial charge in [-0.3, -0.25) is 0 Å². The molecule has 82 valence electrons. The van der Waals surface area contributed by atoms with E-state index in [0.717, 1.165) is 16.8 Å². The standard InChI is InChI=1S/C13H20N2/c1-7(2)11-8(3)9(4)12(14)10(5)13(11)15-6/h14-15H,1-6H3. The van der Waals surface area contributed by atoms with Crippen molar-refractivity contribution in [3.05, 3.63) is 33.6 Å². The summed E-state index contributed by atoms with van der Waals surface area (Å²) in [5, 5.41) is 11.2. The first-order chi connectivity index (χ1) is 6.91. The van der Waals surface area contributed by atoms with Crippen LogP contribution in [0.15, 0.2) is 33.6 Å². The Morgan fingerprint density at radius 3 is 1.93 bits per heavy atom. The van der Waals surface area contributed by atoms with Gasteiger partial charge in [0.25, 0.3) is 0 Å². The van der Waals surface area contributed by atoms with Crippen LogP contribution in [0.25, 0.3) is 0 Å². The van der Waals surface area contributed by atoms with Crippen molar-refractivity contribution >= 4 is 5.71 Å². The van der Waals surface area contributed by atoms with Crippen molar-refractivity contribution in [1.82, 2.24) is 5.32 Å². The average Bonchev–Trinajstić information content (AvgIpc) is 2.19. The lowest BCUT2D eigenvalue weighted by Gasteiger charge is -2.25. The van der Waals surface area contributed by atoms with Gasteiger partial charge in [-0.1, -0.05) is 5.57 Å². The summed E-state index contributed by atoms with van der Waals surface area (Å²) in [6, 6.07) is 0. The summed E-state index contributed by atoms with van der Waals surface area (Å²) in [4.78, 5) is 0. The van der Waals surface area contributed by atoms with E-state index in [0.29, 0.717) is 5.71 Å². The van der Waals surface area contributed by atoms with Crippen molar-refractivity contribution < 1.29 is 0 Å². The van der Waals surface area contributed by atoms with Crippen LogP contribution in [0.1, 0.15) is 34.6 Å². The number of rotatable bonds is 1. The molecule has 1 aliphatic carbocycles. The molecule has 0 fully saturated rings. The highest BCUT2D eigenvalue weighted by Gasteiger charge is 2.22. The number of allylic oxidation sites excluding steroid dienone is 4. The van der Waals surface area contributed by atoms with E-state index in [9.17, 15) is 0 Å². The Bertz CT molecular complexity index is 402. The van der Waals surface area contributed by atoms with E-state index in [1.54, 1.807) is 0 Å². The van der Waals surface area contributed by atoms with Crippen LogP contribution >= 0.6 is 0 Å². The van der Waals surface area contributed by atoms with Crippen molar-refractivity contribution in [3.8, 4) is 0 Å². The van der Waals surface area contributed by atoms with E-state index in [1.807, 2.05) is 20.9 Å². The molecule has 0 spiro atoms. The van der Waals surface area contributed by atoms with E-state index in [4.69, 9.17) is 5.41 Å². The van der Waals surface area contributed by atoms with Gasteiger partial charge in [0.15, 0.2) is 0 Å². The quantitative estimate of drug-likeness (QED) is 0.676. The summed E-state index contributed by atoms with van der Waals surface area (Å²) in [6.07, 6.45) is 0. The third kappa shape index (κ3) is 1.76. The predicted molar refractivity (Wildman–Crippen MR) is 66.2 cm³/mol. The molecule has 1 rings (SSSR count). The topological polar surface area (TPSA) is 35.9 Å². The molecule has 2 N–H and O–H groups in total. The van der Waals surface area contributed by atoms with Crippen LogP contribution in [-0.4, -0.2) is 12.8 Å². The molecule has 0 amide bonds. The summed E-state index contributed by atoms with van der Waals surface area (Å²) >= 11 is 0. The molecule has 0 aromatic rings. The Morgan fingerprint density at radius 2 is 1.53 bits per heavy atom. The van der Waals surface area contributed by atoms with Gasteiger partial charge in [0.2, 0.25) is 0 Å². The highest BCUT2D eigenvalue weighted by Crippen LogP contribution is 2.32. The van der Waals surface area contributed by atoms with Gasteiger partial charge >= 0.3 is 0 Å². The molecule has 0 aromatic heterocycles. The number of likely N-dealkylation sites (N-methyl/N-ethyl adjacent to an activating group) is 1. The van der Waals surface area contributed by atoms with Gasteiger partial charge in [-0.25, -0.2) is 0 Å². The molecular weight excluding hydrogens is 184 g/mol. The second kappa shape index (κ2) is 4.05. The number of nitrogens with one attached hydrogen (secondary N) is 2. The number of hydrogen-bond donors (Lipinski definition) is 2. The molecule has 0 saturated carbocycles. The zero-order valence-corrected chi connectivity index (χ0v) is 10.5. The van der Waals surface area contributed by atoms with Crippen LogP contribution in [0, 0.1) is 5.41 Å². The second-order valence-electron chi connectivity index (χ2n) is 4.25. The van der Waals surface area contributed by atoms with Crippen LogP contribution < -0.4 is 5.32 Å². The molecule has 15 heavy (non-hydrogen) atoms.